The van der Waals surface area contributed by atoms with Gasteiger partial charge in [-0.05, 0) is 12.1 Å². The highest BCUT2D eigenvalue weighted by Crippen LogP contribution is 2.35. The summed E-state index contributed by atoms with van der Waals surface area (Å²) >= 11 is 0.809. The highest BCUT2D eigenvalue weighted by atomic mass is 32.1. The number of carbonyl (C=O) groups excluding carboxylic acids is 1. The first-order valence-corrected chi connectivity index (χ1v) is 6.99. The molecular formula is C9H15O4PS. The minimum absolute atomic E-state index is 0.0698. The van der Waals surface area contributed by atoms with Gasteiger partial charge in [-0.3, -0.25) is 9.36 Å². The van der Waals surface area contributed by atoms with Crippen LogP contribution in [0.2, 0.25) is 0 Å². The average Bonchev–Trinajstić information content (AvgIpc) is 2.66. The van der Waals surface area contributed by atoms with Crippen molar-refractivity contribution in [2.24, 2.45) is 0 Å². The monoisotopic (exact) mass is 250 g/mol. The van der Waals surface area contributed by atoms with E-state index in [9.17, 15) is 9.36 Å². The summed E-state index contributed by atoms with van der Waals surface area (Å²) in [6.45, 7) is 4.36. The van der Waals surface area contributed by atoms with E-state index in [0.717, 1.165) is 11.3 Å². The lowest BCUT2D eigenvalue weighted by Gasteiger charge is -1.96. The van der Waals surface area contributed by atoms with Crippen molar-refractivity contribution in [3.63, 3.8) is 0 Å². The van der Waals surface area contributed by atoms with Crippen LogP contribution in [0.15, 0.2) is 12.1 Å². The molecule has 0 radical (unpaired) electrons. The molecule has 0 amide bonds. The van der Waals surface area contributed by atoms with Gasteiger partial charge in [-0.15, -0.1) is 11.3 Å². The molecule has 0 spiro atoms. The van der Waals surface area contributed by atoms with Gasteiger partial charge in [0.25, 0.3) is 0 Å². The standard InChI is InChI=1S/C5H5O4PS.C4H10/c6-3-4-1-2-5(11-4)10(7,8)9;1-3-4-2/h1-3H,(H2,7,8,9);3-4H2,1-2H3. The summed E-state index contributed by atoms with van der Waals surface area (Å²) in [6, 6.07) is 2.64. The maximum Gasteiger partial charge on any atom is 0.366 e. The first-order chi connectivity index (χ1) is 6.95. The van der Waals surface area contributed by atoms with Crippen molar-refractivity contribution in [3.05, 3.63) is 17.0 Å². The van der Waals surface area contributed by atoms with Crippen LogP contribution < -0.4 is 4.62 Å². The zero-order chi connectivity index (χ0) is 11.9. The summed E-state index contributed by atoms with van der Waals surface area (Å²) in [5.41, 5.74) is 0. The summed E-state index contributed by atoms with van der Waals surface area (Å²) in [4.78, 5) is 27.6. The first kappa shape index (κ1) is 14.5. The van der Waals surface area contributed by atoms with Gasteiger partial charge in [0.1, 0.15) is 4.62 Å². The topological polar surface area (TPSA) is 74.6 Å². The second-order valence-electron chi connectivity index (χ2n) is 2.84. The molecule has 0 unspecified atom stereocenters. The minimum Gasteiger partial charge on any atom is -0.320 e. The molecule has 2 N–H and O–H groups in total. The molecule has 0 bridgehead atoms. The Hall–Kier alpha value is -0.480. The first-order valence-electron chi connectivity index (χ1n) is 4.56. The zero-order valence-electron chi connectivity index (χ0n) is 8.71. The lowest BCUT2D eigenvalue weighted by Crippen LogP contribution is -1.95. The van der Waals surface area contributed by atoms with Gasteiger partial charge in [-0.1, -0.05) is 26.7 Å². The van der Waals surface area contributed by atoms with E-state index in [4.69, 9.17) is 9.79 Å². The van der Waals surface area contributed by atoms with Gasteiger partial charge in [-0.25, -0.2) is 0 Å². The van der Waals surface area contributed by atoms with Crippen LogP contribution in [0.25, 0.3) is 0 Å². The van der Waals surface area contributed by atoms with E-state index in [2.05, 4.69) is 13.8 Å². The Bertz CT molecular complexity index is 340. The summed E-state index contributed by atoms with van der Waals surface area (Å²) in [6.07, 6.45) is 3.20. The third-order valence-electron chi connectivity index (χ3n) is 1.52. The van der Waals surface area contributed by atoms with E-state index in [1.165, 1.54) is 25.0 Å². The Morgan fingerprint density at radius 2 is 1.87 bits per heavy atom. The van der Waals surface area contributed by atoms with Crippen LogP contribution in [0, 0.1) is 0 Å². The van der Waals surface area contributed by atoms with Gasteiger partial charge in [-0.2, -0.15) is 0 Å². The summed E-state index contributed by atoms with van der Waals surface area (Å²) in [7, 11) is -4.15. The van der Waals surface area contributed by atoms with Gasteiger partial charge in [0.2, 0.25) is 0 Å². The van der Waals surface area contributed by atoms with Crippen LogP contribution in [0.1, 0.15) is 36.4 Å². The SMILES string of the molecule is CCCC.O=Cc1ccc(P(=O)(O)O)s1. The Morgan fingerprint density at radius 1 is 1.33 bits per heavy atom. The lowest BCUT2D eigenvalue weighted by atomic mass is 10.4. The lowest BCUT2D eigenvalue weighted by molar-refractivity contribution is 0.112. The molecule has 1 aromatic rings. The number of aldehydes is 1. The van der Waals surface area contributed by atoms with E-state index in [1.54, 1.807) is 0 Å². The zero-order valence-corrected chi connectivity index (χ0v) is 10.4. The Labute approximate surface area is 93.1 Å². The number of carbonyl (C=O) groups is 1. The maximum absolute atomic E-state index is 10.6. The van der Waals surface area contributed by atoms with Gasteiger partial charge in [0.15, 0.2) is 6.29 Å². The van der Waals surface area contributed by atoms with E-state index >= 15 is 0 Å². The Kier molecular flexibility index (Phi) is 6.68. The fraction of sp³-hybridized carbons (Fsp3) is 0.444. The smallest absolute Gasteiger partial charge is 0.320 e. The molecule has 1 rings (SSSR count). The quantitative estimate of drug-likeness (QED) is 0.636. The number of rotatable bonds is 3. The van der Waals surface area contributed by atoms with E-state index in [0.29, 0.717) is 11.2 Å². The molecule has 1 aromatic heterocycles. The molecule has 15 heavy (non-hydrogen) atoms. The van der Waals surface area contributed by atoms with Gasteiger partial charge >= 0.3 is 7.60 Å². The summed E-state index contributed by atoms with van der Waals surface area (Å²) < 4.78 is 10.5. The average molecular weight is 250 g/mol. The second kappa shape index (κ2) is 6.90. The summed E-state index contributed by atoms with van der Waals surface area (Å²) in [5, 5.41) is 0. The summed E-state index contributed by atoms with van der Waals surface area (Å²) in [5.74, 6) is 0. The molecule has 0 atom stereocenters. The minimum atomic E-state index is -4.15. The highest BCUT2D eigenvalue weighted by molar-refractivity contribution is 7.67. The van der Waals surface area contributed by atoms with Crippen molar-refractivity contribution in [1.82, 2.24) is 0 Å². The number of hydrogen-bond acceptors (Lipinski definition) is 3. The number of hydrogen-bond donors (Lipinski definition) is 2. The molecule has 0 saturated heterocycles. The molecule has 0 aromatic carbocycles. The molecule has 0 aliphatic carbocycles. The van der Waals surface area contributed by atoms with Crippen molar-refractivity contribution >= 4 is 29.8 Å². The predicted octanol–water partition coefficient (Wildman–Crippen LogP) is 2.17. The molecule has 0 aliphatic heterocycles. The van der Waals surface area contributed by atoms with Crippen molar-refractivity contribution in [1.29, 1.82) is 0 Å². The van der Waals surface area contributed by atoms with Crippen molar-refractivity contribution < 1.29 is 19.1 Å². The number of unbranched alkanes of at least 4 members (excludes halogenated alkanes) is 1. The van der Waals surface area contributed by atoms with Gasteiger partial charge in [0.05, 0.1) is 4.88 Å². The molecule has 0 saturated carbocycles. The van der Waals surface area contributed by atoms with Crippen molar-refractivity contribution in [3.8, 4) is 0 Å². The van der Waals surface area contributed by atoms with Crippen LogP contribution in [-0.2, 0) is 4.57 Å². The molecule has 86 valence electrons. The van der Waals surface area contributed by atoms with Crippen LogP contribution >= 0.6 is 18.9 Å². The Morgan fingerprint density at radius 3 is 2.07 bits per heavy atom. The fourth-order valence-corrected chi connectivity index (χ4v) is 2.18. The van der Waals surface area contributed by atoms with Crippen LogP contribution in [-0.4, -0.2) is 16.1 Å². The predicted molar refractivity (Wildman–Crippen MR) is 62.0 cm³/mol. The van der Waals surface area contributed by atoms with Gasteiger partial charge in [0, 0.05) is 0 Å². The maximum atomic E-state index is 10.6. The van der Waals surface area contributed by atoms with Crippen molar-refractivity contribution in [2.45, 2.75) is 26.7 Å². The van der Waals surface area contributed by atoms with E-state index in [1.807, 2.05) is 0 Å². The number of thiophene rings is 1. The third kappa shape index (κ3) is 5.85. The second-order valence-corrected chi connectivity index (χ2v) is 5.83. The molecular weight excluding hydrogens is 235 g/mol. The van der Waals surface area contributed by atoms with Crippen LogP contribution in [0.3, 0.4) is 0 Å². The fourth-order valence-electron chi connectivity index (χ4n) is 0.562. The third-order valence-corrected chi connectivity index (χ3v) is 4.04. The highest BCUT2D eigenvalue weighted by Gasteiger charge is 2.18. The van der Waals surface area contributed by atoms with Gasteiger partial charge < -0.3 is 9.79 Å². The van der Waals surface area contributed by atoms with Crippen molar-refractivity contribution in [2.75, 3.05) is 0 Å². The molecule has 0 aliphatic rings. The Balaban J connectivity index is 0.000000423. The van der Waals surface area contributed by atoms with E-state index < -0.39 is 7.60 Å². The van der Waals surface area contributed by atoms with E-state index in [-0.39, 0.29) is 4.62 Å². The largest absolute Gasteiger partial charge is 0.366 e. The molecule has 4 nitrogen and oxygen atoms in total. The molecule has 6 heteroatoms. The van der Waals surface area contributed by atoms with Crippen LogP contribution in [0.4, 0.5) is 0 Å². The molecule has 0 fully saturated rings. The molecule has 1 heterocycles. The normalized spacial score (nSPS) is 10.4. The van der Waals surface area contributed by atoms with Crippen LogP contribution in [0.5, 0.6) is 0 Å².